The number of guanidine groups is 1. The van der Waals surface area contributed by atoms with Crippen molar-refractivity contribution in [2.45, 2.75) is 25.9 Å². The number of hydrogen-bond donors (Lipinski definition) is 2. The fourth-order valence-electron chi connectivity index (χ4n) is 3.43. The van der Waals surface area contributed by atoms with E-state index in [0.29, 0.717) is 12.6 Å². The highest BCUT2D eigenvalue weighted by molar-refractivity contribution is 14.0. The van der Waals surface area contributed by atoms with Crippen LogP contribution in [-0.4, -0.2) is 61.2 Å². The smallest absolute Gasteiger partial charge is 0.269 e. The summed E-state index contributed by atoms with van der Waals surface area (Å²) in [5.41, 5.74) is 2.29. The van der Waals surface area contributed by atoms with Crippen molar-refractivity contribution in [2.75, 3.05) is 39.4 Å². The molecule has 1 atom stereocenters. The molecule has 2 aromatic carbocycles. The first kappa shape index (κ1) is 26.0. The molecule has 0 saturated carbocycles. The molecule has 3 rings (SSSR count). The summed E-state index contributed by atoms with van der Waals surface area (Å²) in [6, 6.07) is 17.2. The fraction of sp³-hybridized carbons (Fsp3) is 0.435. The molecule has 1 heterocycles. The Labute approximate surface area is 206 Å². The van der Waals surface area contributed by atoms with Crippen LogP contribution in [0, 0.1) is 10.1 Å². The second-order valence-corrected chi connectivity index (χ2v) is 7.63. The molecule has 8 nitrogen and oxygen atoms in total. The van der Waals surface area contributed by atoms with E-state index >= 15 is 0 Å². The van der Waals surface area contributed by atoms with Crippen LogP contribution in [-0.2, 0) is 17.7 Å². The number of morpholine rings is 1. The third-order valence-corrected chi connectivity index (χ3v) is 5.35. The number of benzene rings is 2. The quantitative estimate of drug-likeness (QED) is 0.163. The van der Waals surface area contributed by atoms with E-state index in [9.17, 15) is 10.1 Å². The average Bonchev–Trinajstić information content (AvgIpc) is 2.81. The topological polar surface area (TPSA) is 92.0 Å². The van der Waals surface area contributed by atoms with Crippen molar-refractivity contribution in [2.24, 2.45) is 4.99 Å². The molecule has 0 bridgehead atoms. The van der Waals surface area contributed by atoms with Gasteiger partial charge in [-0.25, -0.2) is 4.99 Å². The van der Waals surface area contributed by atoms with Crippen LogP contribution in [0.5, 0.6) is 0 Å². The van der Waals surface area contributed by atoms with Gasteiger partial charge >= 0.3 is 0 Å². The number of rotatable bonds is 9. The van der Waals surface area contributed by atoms with Crippen molar-refractivity contribution in [3.63, 3.8) is 0 Å². The van der Waals surface area contributed by atoms with E-state index in [-0.39, 0.29) is 29.7 Å². The van der Waals surface area contributed by atoms with Gasteiger partial charge < -0.3 is 15.4 Å². The maximum Gasteiger partial charge on any atom is 0.269 e. The van der Waals surface area contributed by atoms with Crippen LogP contribution in [0.4, 0.5) is 5.69 Å². The summed E-state index contributed by atoms with van der Waals surface area (Å²) in [7, 11) is 0. The van der Waals surface area contributed by atoms with Crippen LogP contribution in [0.15, 0.2) is 59.6 Å². The van der Waals surface area contributed by atoms with Crippen molar-refractivity contribution in [1.82, 2.24) is 15.5 Å². The van der Waals surface area contributed by atoms with Gasteiger partial charge in [-0.05, 0) is 24.5 Å². The zero-order valence-corrected chi connectivity index (χ0v) is 20.7. The molecule has 174 valence electrons. The Bertz CT molecular complexity index is 842. The van der Waals surface area contributed by atoms with Crippen LogP contribution in [0.2, 0.25) is 0 Å². The number of aliphatic imine (C=N–C) groups is 1. The molecule has 32 heavy (non-hydrogen) atoms. The Kier molecular flexibility index (Phi) is 11.4. The number of ether oxygens (including phenoxy) is 1. The minimum atomic E-state index is -0.391. The molecule has 0 amide bonds. The largest absolute Gasteiger partial charge is 0.379 e. The van der Waals surface area contributed by atoms with Crippen LogP contribution < -0.4 is 10.6 Å². The molecular formula is C23H32IN5O3. The van der Waals surface area contributed by atoms with E-state index in [1.807, 2.05) is 18.2 Å². The first-order valence-electron chi connectivity index (χ1n) is 10.7. The Hall–Kier alpha value is -2.24. The van der Waals surface area contributed by atoms with Crippen molar-refractivity contribution in [1.29, 1.82) is 0 Å². The summed E-state index contributed by atoms with van der Waals surface area (Å²) < 4.78 is 5.44. The summed E-state index contributed by atoms with van der Waals surface area (Å²) in [6.45, 7) is 7.64. The number of nitrogens with zero attached hydrogens (tertiary/aromatic N) is 3. The number of hydrogen-bond acceptors (Lipinski definition) is 5. The van der Waals surface area contributed by atoms with E-state index < -0.39 is 4.92 Å². The third-order valence-electron chi connectivity index (χ3n) is 5.35. The highest BCUT2D eigenvalue weighted by Crippen LogP contribution is 2.12. The maximum atomic E-state index is 10.8. The van der Waals surface area contributed by atoms with Gasteiger partial charge in [0.1, 0.15) is 0 Å². The minimum absolute atomic E-state index is 0. The second-order valence-electron chi connectivity index (χ2n) is 7.63. The molecule has 1 unspecified atom stereocenters. The van der Waals surface area contributed by atoms with E-state index in [4.69, 9.17) is 9.73 Å². The predicted molar refractivity (Wildman–Crippen MR) is 138 cm³/mol. The number of nitro groups is 1. The SMILES string of the molecule is CC(CNC(=NCc1ccc([N+](=O)[O-])cc1)NCCc1ccccc1)N1CCOCC1.I. The molecule has 0 aliphatic carbocycles. The van der Waals surface area contributed by atoms with Gasteiger partial charge in [-0.3, -0.25) is 15.0 Å². The zero-order valence-electron chi connectivity index (χ0n) is 18.4. The van der Waals surface area contributed by atoms with Crippen molar-refractivity contribution >= 4 is 35.6 Å². The lowest BCUT2D eigenvalue weighted by Gasteiger charge is -2.32. The highest BCUT2D eigenvalue weighted by atomic mass is 127. The molecule has 9 heteroatoms. The van der Waals surface area contributed by atoms with E-state index in [1.165, 1.54) is 17.7 Å². The van der Waals surface area contributed by atoms with Gasteiger partial charge in [-0.15, -0.1) is 24.0 Å². The van der Waals surface area contributed by atoms with Gasteiger partial charge in [0.05, 0.1) is 24.7 Å². The molecule has 2 N–H and O–H groups in total. The molecule has 1 saturated heterocycles. The standard InChI is InChI=1S/C23H31N5O3.HI/c1-19(27-13-15-31-16-14-27)17-25-23(24-12-11-20-5-3-2-4-6-20)26-18-21-7-9-22(10-8-21)28(29)30;/h2-10,19H,11-18H2,1H3,(H2,24,25,26);1H. The first-order valence-corrected chi connectivity index (χ1v) is 10.7. The Balaban J connectivity index is 0.00000363. The second kappa shape index (κ2) is 14.0. The third kappa shape index (κ3) is 8.71. The van der Waals surface area contributed by atoms with Gasteiger partial charge in [0.25, 0.3) is 5.69 Å². The van der Waals surface area contributed by atoms with Gasteiger partial charge in [0.15, 0.2) is 5.96 Å². The van der Waals surface area contributed by atoms with Gasteiger partial charge in [-0.2, -0.15) is 0 Å². The Morgan fingerprint density at radius 2 is 1.78 bits per heavy atom. The molecular weight excluding hydrogens is 521 g/mol. The zero-order chi connectivity index (χ0) is 21.9. The monoisotopic (exact) mass is 553 g/mol. The Morgan fingerprint density at radius 1 is 1.09 bits per heavy atom. The van der Waals surface area contributed by atoms with Gasteiger partial charge in [0.2, 0.25) is 0 Å². The van der Waals surface area contributed by atoms with Gasteiger partial charge in [-0.1, -0.05) is 42.5 Å². The first-order chi connectivity index (χ1) is 15.1. The number of nitrogens with one attached hydrogen (secondary N) is 2. The molecule has 0 aromatic heterocycles. The molecule has 1 aliphatic rings. The van der Waals surface area contributed by atoms with Gasteiger partial charge in [0, 0.05) is 44.4 Å². The summed E-state index contributed by atoms with van der Waals surface area (Å²) in [4.78, 5) is 17.6. The lowest BCUT2D eigenvalue weighted by atomic mass is 10.1. The van der Waals surface area contributed by atoms with Crippen molar-refractivity contribution < 1.29 is 9.66 Å². The Morgan fingerprint density at radius 3 is 2.44 bits per heavy atom. The van der Waals surface area contributed by atoms with E-state index in [2.05, 4.69) is 34.6 Å². The number of halogens is 1. The summed E-state index contributed by atoms with van der Waals surface area (Å²) in [5.74, 6) is 0.745. The fourth-order valence-corrected chi connectivity index (χ4v) is 3.43. The van der Waals surface area contributed by atoms with Crippen LogP contribution >= 0.6 is 24.0 Å². The lowest BCUT2D eigenvalue weighted by Crippen LogP contribution is -2.49. The highest BCUT2D eigenvalue weighted by Gasteiger charge is 2.17. The van der Waals surface area contributed by atoms with E-state index in [1.54, 1.807) is 12.1 Å². The molecule has 2 aromatic rings. The predicted octanol–water partition coefficient (Wildman–Crippen LogP) is 3.21. The molecule has 1 aliphatic heterocycles. The lowest BCUT2D eigenvalue weighted by molar-refractivity contribution is -0.384. The molecule has 1 fully saturated rings. The summed E-state index contributed by atoms with van der Waals surface area (Å²) in [5, 5.41) is 17.7. The van der Waals surface area contributed by atoms with Crippen LogP contribution in [0.3, 0.4) is 0 Å². The number of non-ortho nitro benzene ring substituents is 1. The van der Waals surface area contributed by atoms with E-state index in [0.717, 1.165) is 57.3 Å². The van der Waals surface area contributed by atoms with Crippen molar-refractivity contribution in [3.8, 4) is 0 Å². The van der Waals surface area contributed by atoms with Crippen LogP contribution in [0.25, 0.3) is 0 Å². The number of nitro benzene ring substituents is 1. The maximum absolute atomic E-state index is 10.8. The summed E-state index contributed by atoms with van der Waals surface area (Å²) >= 11 is 0. The molecule has 0 spiro atoms. The average molecular weight is 553 g/mol. The van der Waals surface area contributed by atoms with Crippen molar-refractivity contribution in [3.05, 3.63) is 75.8 Å². The normalized spacial score (nSPS) is 15.5. The summed E-state index contributed by atoms with van der Waals surface area (Å²) in [6.07, 6.45) is 0.901. The van der Waals surface area contributed by atoms with Crippen LogP contribution in [0.1, 0.15) is 18.1 Å². The molecule has 0 radical (unpaired) electrons. The minimum Gasteiger partial charge on any atom is -0.379 e.